The zero-order chi connectivity index (χ0) is 9.97. The molecule has 0 aliphatic carbocycles. The Morgan fingerprint density at radius 3 is 2.79 bits per heavy atom. The van der Waals surface area contributed by atoms with Crippen LogP contribution >= 0.6 is 0 Å². The number of hydrogen-bond acceptors (Lipinski definition) is 6. The summed E-state index contributed by atoms with van der Waals surface area (Å²) in [5, 5.41) is 15.0. The molecule has 6 heteroatoms. The quantitative estimate of drug-likeness (QED) is 0.702. The van der Waals surface area contributed by atoms with Gasteiger partial charge in [0.15, 0.2) is 0 Å². The molecule has 2 aromatic rings. The van der Waals surface area contributed by atoms with Crippen LogP contribution in [0.1, 0.15) is 5.89 Å². The largest absolute Gasteiger partial charge is 0.480 e. The number of methoxy groups -OCH3 is 1. The number of rotatable bonds is 2. The molecular weight excluding hydrogens is 184 g/mol. The van der Waals surface area contributed by atoms with Gasteiger partial charge in [0.2, 0.25) is 17.7 Å². The summed E-state index contributed by atoms with van der Waals surface area (Å²) in [5.74, 6) is 1.34. The van der Waals surface area contributed by atoms with Gasteiger partial charge in [-0.25, -0.2) is 0 Å². The van der Waals surface area contributed by atoms with Crippen molar-refractivity contribution < 1.29 is 9.15 Å². The van der Waals surface area contributed by atoms with Gasteiger partial charge in [-0.05, 0) is 0 Å². The second-order valence-electron chi connectivity index (χ2n) is 2.61. The molecule has 0 spiro atoms. The maximum absolute atomic E-state index is 5.22. The predicted molar refractivity (Wildman–Crippen MR) is 46.6 cm³/mol. The van der Waals surface area contributed by atoms with Crippen LogP contribution in [0.4, 0.5) is 0 Å². The zero-order valence-corrected chi connectivity index (χ0v) is 7.76. The van der Waals surface area contributed by atoms with E-state index in [4.69, 9.17) is 9.15 Å². The van der Waals surface area contributed by atoms with Crippen molar-refractivity contribution in [3.8, 4) is 17.3 Å². The Labute approximate surface area is 79.9 Å². The molecule has 0 saturated heterocycles. The van der Waals surface area contributed by atoms with Crippen molar-refractivity contribution in [3.63, 3.8) is 0 Å². The summed E-state index contributed by atoms with van der Waals surface area (Å²) in [7, 11) is 1.52. The van der Waals surface area contributed by atoms with Crippen molar-refractivity contribution in [2.24, 2.45) is 0 Å². The van der Waals surface area contributed by atoms with Crippen LogP contribution in [0.2, 0.25) is 0 Å². The average molecular weight is 192 g/mol. The molecule has 2 heterocycles. The van der Waals surface area contributed by atoms with Gasteiger partial charge in [-0.3, -0.25) is 0 Å². The Bertz CT molecular complexity index is 440. The van der Waals surface area contributed by atoms with Crippen LogP contribution in [0.3, 0.4) is 0 Å². The third-order valence-corrected chi connectivity index (χ3v) is 1.61. The Morgan fingerprint density at radius 2 is 2.14 bits per heavy atom. The lowest BCUT2D eigenvalue weighted by Gasteiger charge is -1.97. The smallest absolute Gasteiger partial charge is 0.249 e. The van der Waals surface area contributed by atoms with Crippen LogP contribution < -0.4 is 4.74 Å². The summed E-state index contributed by atoms with van der Waals surface area (Å²) >= 11 is 0. The van der Waals surface area contributed by atoms with E-state index in [1.54, 1.807) is 13.0 Å². The fourth-order valence-corrected chi connectivity index (χ4v) is 0.977. The van der Waals surface area contributed by atoms with E-state index in [0.29, 0.717) is 23.2 Å². The third kappa shape index (κ3) is 1.54. The summed E-state index contributed by atoms with van der Waals surface area (Å²) in [4.78, 5) is 0. The molecule has 0 aromatic carbocycles. The van der Waals surface area contributed by atoms with Gasteiger partial charge in [0.25, 0.3) is 0 Å². The Hall–Kier alpha value is -1.98. The molecule has 6 nitrogen and oxygen atoms in total. The van der Waals surface area contributed by atoms with Crippen LogP contribution in [0.25, 0.3) is 11.5 Å². The maximum atomic E-state index is 5.22. The number of nitrogens with zero attached hydrogens (tertiary/aromatic N) is 4. The summed E-state index contributed by atoms with van der Waals surface area (Å²) in [5.41, 5.74) is 0.692. The van der Waals surface area contributed by atoms with E-state index in [-0.39, 0.29) is 0 Å². The molecule has 14 heavy (non-hydrogen) atoms. The van der Waals surface area contributed by atoms with Crippen molar-refractivity contribution in [3.05, 3.63) is 18.2 Å². The minimum Gasteiger partial charge on any atom is -0.480 e. The lowest BCUT2D eigenvalue weighted by molar-refractivity contribution is 0.392. The maximum Gasteiger partial charge on any atom is 0.249 e. The van der Waals surface area contributed by atoms with Gasteiger partial charge >= 0.3 is 0 Å². The molecule has 0 saturated carbocycles. The summed E-state index contributed by atoms with van der Waals surface area (Å²) in [6, 6.07) is 1.68. The summed E-state index contributed by atoms with van der Waals surface area (Å²) in [6.45, 7) is 1.72. The first-order chi connectivity index (χ1) is 6.79. The van der Waals surface area contributed by atoms with Gasteiger partial charge in [0.1, 0.15) is 0 Å². The van der Waals surface area contributed by atoms with Crippen LogP contribution in [0, 0.1) is 6.92 Å². The minimum atomic E-state index is 0.413. The molecule has 0 radical (unpaired) electrons. The Morgan fingerprint density at radius 1 is 1.29 bits per heavy atom. The van der Waals surface area contributed by atoms with Gasteiger partial charge in [-0.2, -0.15) is 5.10 Å². The average Bonchev–Trinajstić information content (AvgIpc) is 2.65. The molecule has 2 rings (SSSR count). The molecule has 0 aliphatic rings. The van der Waals surface area contributed by atoms with E-state index in [9.17, 15) is 0 Å². The number of hydrogen-bond donors (Lipinski definition) is 0. The van der Waals surface area contributed by atoms with Crippen molar-refractivity contribution >= 4 is 0 Å². The van der Waals surface area contributed by atoms with Gasteiger partial charge in [-0.15, -0.1) is 15.3 Å². The summed E-state index contributed by atoms with van der Waals surface area (Å²) in [6.07, 6.45) is 1.54. The lowest BCUT2D eigenvalue weighted by Crippen LogP contribution is -1.90. The molecule has 72 valence electrons. The lowest BCUT2D eigenvalue weighted by atomic mass is 10.3. The van der Waals surface area contributed by atoms with Crippen LogP contribution in [-0.4, -0.2) is 27.5 Å². The highest BCUT2D eigenvalue weighted by Crippen LogP contribution is 2.18. The van der Waals surface area contributed by atoms with Crippen LogP contribution in [0.5, 0.6) is 5.88 Å². The van der Waals surface area contributed by atoms with E-state index in [1.807, 2.05) is 0 Å². The van der Waals surface area contributed by atoms with Gasteiger partial charge in [-0.1, -0.05) is 0 Å². The van der Waals surface area contributed by atoms with Crippen molar-refractivity contribution in [2.45, 2.75) is 6.92 Å². The van der Waals surface area contributed by atoms with Gasteiger partial charge in [0.05, 0.1) is 18.9 Å². The third-order valence-electron chi connectivity index (χ3n) is 1.61. The first-order valence-corrected chi connectivity index (χ1v) is 3.97. The fourth-order valence-electron chi connectivity index (χ4n) is 0.977. The monoisotopic (exact) mass is 192 g/mol. The van der Waals surface area contributed by atoms with E-state index < -0.39 is 0 Å². The second kappa shape index (κ2) is 3.41. The SMILES string of the molecule is COc1cc(-c2nnc(C)o2)cnn1. The van der Waals surface area contributed by atoms with E-state index in [1.165, 1.54) is 13.3 Å². The summed E-state index contributed by atoms with van der Waals surface area (Å²) < 4.78 is 10.1. The van der Waals surface area contributed by atoms with E-state index in [0.717, 1.165) is 0 Å². The molecule has 0 aliphatic heterocycles. The highest BCUT2D eigenvalue weighted by molar-refractivity contribution is 5.51. The van der Waals surface area contributed by atoms with E-state index >= 15 is 0 Å². The van der Waals surface area contributed by atoms with Crippen molar-refractivity contribution in [2.75, 3.05) is 7.11 Å². The molecular formula is C8H8N4O2. The first kappa shape index (κ1) is 8.61. The second-order valence-corrected chi connectivity index (χ2v) is 2.61. The normalized spacial score (nSPS) is 10.1. The van der Waals surface area contributed by atoms with Gasteiger partial charge in [0, 0.05) is 13.0 Å². The Balaban J connectivity index is 2.41. The minimum absolute atomic E-state index is 0.413. The standard InChI is InChI=1S/C8H8N4O2/c1-5-10-12-8(14-5)6-3-7(13-2)11-9-4-6/h3-4H,1-2H3. The molecule has 0 bridgehead atoms. The fraction of sp³-hybridized carbons (Fsp3) is 0.250. The molecule has 0 N–H and O–H groups in total. The van der Waals surface area contributed by atoms with Crippen molar-refractivity contribution in [1.82, 2.24) is 20.4 Å². The number of ether oxygens (including phenoxy) is 1. The molecule has 0 fully saturated rings. The van der Waals surface area contributed by atoms with Crippen molar-refractivity contribution in [1.29, 1.82) is 0 Å². The zero-order valence-electron chi connectivity index (χ0n) is 7.76. The molecule has 2 aromatic heterocycles. The topological polar surface area (TPSA) is 73.9 Å². The highest BCUT2D eigenvalue weighted by atomic mass is 16.5. The first-order valence-electron chi connectivity index (χ1n) is 3.97. The number of aryl methyl sites for hydroxylation is 1. The Kier molecular flexibility index (Phi) is 2.10. The van der Waals surface area contributed by atoms with E-state index in [2.05, 4.69) is 20.4 Å². The van der Waals surface area contributed by atoms with Crippen LogP contribution in [0.15, 0.2) is 16.7 Å². The molecule has 0 unspecified atom stereocenters. The van der Waals surface area contributed by atoms with Gasteiger partial charge < -0.3 is 9.15 Å². The number of aromatic nitrogens is 4. The molecule has 0 atom stereocenters. The predicted octanol–water partition coefficient (Wildman–Crippen LogP) is 0.844. The highest BCUT2D eigenvalue weighted by Gasteiger charge is 2.07. The molecule has 0 amide bonds. The van der Waals surface area contributed by atoms with Crippen LogP contribution in [-0.2, 0) is 0 Å².